The van der Waals surface area contributed by atoms with Crippen LogP contribution in [-0.2, 0) is 7.05 Å². The predicted octanol–water partition coefficient (Wildman–Crippen LogP) is 1.54. The van der Waals surface area contributed by atoms with Gasteiger partial charge in [0, 0.05) is 19.2 Å². The maximum atomic E-state index is 11.7. The van der Waals surface area contributed by atoms with Gasteiger partial charge < -0.3 is 10.3 Å². The first-order chi connectivity index (χ1) is 8.50. The zero-order valence-electron chi connectivity index (χ0n) is 9.66. The number of pyridine rings is 1. The van der Waals surface area contributed by atoms with Crippen molar-refractivity contribution in [3.8, 4) is 11.3 Å². The van der Waals surface area contributed by atoms with E-state index >= 15 is 0 Å². The summed E-state index contributed by atoms with van der Waals surface area (Å²) in [6, 6.07) is 9.23. The molecule has 6 nitrogen and oxygen atoms in total. The van der Waals surface area contributed by atoms with Gasteiger partial charge in [0.2, 0.25) is 0 Å². The number of nitro benzene ring substituents is 1. The molecule has 0 amide bonds. The number of nitrogens with two attached hydrogens (primary N) is 1. The zero-order chi connectivity index (χ0) is 13.3. The molecule has 18 heavy (non-hydrogen) atoms. The molecule has 0 radical (unpaired) electrons. The minimum Gasteiger partial charge on any atom is -0.394 e. The second kappa shape index (κ2) is 4.33. The molecule has 1 aromatic carbocycles. The molecule has 0 aliphatic heterocycles. The number of nitrogens with zero attached hydrogens (tertiary/aromatic N) is 2. The van der Waals surface area contributed by atoms with Crippen LogP contribution in [0.25, 0.3) is 11.3 Å². The van der Waals surface area contributed by atoms with Crippen LogP contribution in [0.15, 0.2) is 41.2 Å². The van der Waals surface area contributed by atoms with Gasteiger partial charge in [0.25, 0.3) is 11.2 Å². The number of anilines is 1. The molecule has 0 atom stereocenters. The number of nitrogen functional groups attached to an aromatic ring is 1. The average Bonchev–Trinajstić information content (AvgIpc) is 2.36. The Morgan fingerprint density at radius 2 is 1.78 bits per heavy atom. The lowest BCUT2D eigenvalue weighted by Gasteiger charge is -2.08. The summed E-state index contributed by atoms with van der Waals surface area (Å²) in [6.45, 7) is 0. The van der Waals surface area contributed by atoms with E-state index in [0.29, 0.717) is 5.69 Å². The van der Waals surface area contributed by atoms with Crippen molar-refractivity contribution in [2.45, 2.75) is 0 Å². The van der Waals surface area contributed by atoms with Crippen LogP contribution in [0.5, 0.6) is 0 Å². The van der Waals surface area contributed by atoms with Gasteiger partial charge in [0.05, 0.1) is 16.3 Å². The molecule has 0 unspecified atom stereocenters. The van der Waals surface area contributed by atoms with Crippen LogP contribution < -0.4 is 11.3 Å². The van der Waals surface area contributed by atoms with Crippen LogP contribution >= 0.6 is 0 Å². The van der Waals surface area contributed by atoms with E-state index in [1.807, 2.05) is 0 Å². The molecule has 0 saturated heterocycles. The Morgan fingerprint density at radius 3 is 2.33 bits per heavy atom. The van der Waals surface area contributed by atoms with E-state index in [1.54, 1.807) is 25.2 Å². The van der Waals surface area contributed by atoms with E-state index in [2.05, 4.69) is 0 Å². The topological polar surface area (TPSA) is 91.2 Å². The molecule has 92 valence electrons. The molecular formula is C12H11N3O3. The van der Waals surface area contributed by atoms with Crippen molar-refractivity contribution >= 4 is 11.4 Å². The highest BCUT2D eigenvalue weighted by molar-refractivity contribution is 5.62. The number of non-ortho nitro benzene ring substituents is 1. The SMILES string of the molecule is Cn1c(-c2ccc([N+](=O)[O-])cc2)ccc(N)c1=O. The Morgan fingerprint density at radius 1 is 1.17 bits per heavy atom. The second-order valence-corrected chi connectivity index (χ2v) is 3.84. The fourth-order valence-corrected chi connectivity index (χ4v) is 1.70. The first-order valence-electron chi connectivity index (χ1n) is 5.21. The summed E-state index contributed by atoms with van der Waals surface area (Å²) >= 11 is 0. The van der Waals surface area contributed by atoms with Crippen molar-refractivity contribution in [3.05, 3.63) is 56.9 Å². The molecule has 2 aromatic rings. The Hall–Kier alpha value is -2.63. The first-order valence-corrected chi connectivity index (χ1v) is 5.21. The number of aromatic nitrogens is 1. The Kier molecular flexibility index (Phi) is 2.85. The molecule has 6 heteroatoms. The number of hydrogen-bond acceptors (Lipinski definition) is 4. The van der Waals surface area contributed by atoms with Crippen LogP contribution in [0.1, 0.15) is 0 Å². The fourth-order valence-electron chi connectivity index (χ4n) is 1.70. The average molecular weight is 245 g/mol. The Balaban J connectivity index is 2.53. The number of rotatable bonds is 2. The van der Waals surface area contributed by atoms with Gasteiger partial charge in [-0.25, -0.2) is 0 Å². The van der Waals surface area contributed by atoms with Gasteiger partial charge in [-0.1, -0.05) is 0 Å². The molecule has 0 spiro atoms. The van der Waals surface area contributed by atoms with Gasteiger partial charge in [-0.3, -0.25) is 14.9 Å². The van der Waals surface area contributed by atoms with E-state index in [-0.39, 0.29) is 16.9 Å². The third-order valence-electron chi connectivity index (χ3n) is 2.71. The molecule has 2 rings (SSSR count). The van der Waals surface area contributed by atoms with Gasteiger partial charge in [-0.05, 0) is 29.8 Å². The number of benzene rings is 1. The van der Waals surface area contributed by atoms with Crippen molar-refractivity contribution in [3.63, 3.8) is 0 Å². The van der Waals surface area contributed by atoms with Crippen molar-refractivity contribution in [1.82, 2.24) is 4.57 Å². The number of hydrogen-bond donors (Lipinski definition) is 1. The molecule has 0 fully saturated rings. The highest BCUT2D eigenvalue weighted by atomic mass is 16.6. The summed E-state index contributed by atoms with van der Waals surface area (Å²) < 4.78 is 1.41. The molecule has 1 aromatic heterocycles. The molecule has 0 saturated carbocycles. The van der Waals surface area contributed by atoms with Gasteiger partial charge in [-0.15, -0.1) is 0 Å². The van der Waals surface area contributed by atoms with Crippen molar-refractivity contribution in [2.24, 2.45) is 7.05 Å². The quantitative estimate of drug-likeness (QED) is 0.641. The summed E-state index contributed by atoms with van der Waals surface area (Å²) in [7, 11) is 1.61. The third kappa shape index (κ3) is 1.95. The summed E-state index contributed by atoms with van der Waals surface area (Å²) in [5.74, 6) is 0. The van der Waals surface area contributed by atoms with E-state index in [1.165, 1.54) is 22.8 Å². The second-order valence-electron chi connectivity index (χ2n) is 3.84. The molecule has 0 bridgehead atoms. The van der Waals surface area contributed by atoms with Crippen LogP contribution in [0.4, 0.5) is 11.4 Å². The first kappa shape index (κ1) is 11.8. The van der Waals surface area contributed by atoms with E-state index in [0.717, 1.165) is 5.56 Å². The molecule has 0 aliphatic rings. The maximum absolute atomic E-state index is 11.7. The largest absolute Gasteiger partial charge is 0.394 e. The summed E-state index contributed by atoms with van der Waals surface area (Å²) in [6.07, 6.45) is 0. The lowest BCUT2D eigenvalue weighted by molar-refractivity contribution is -0.384. The molecule has 1 heterocycles. The van der Waals surface area contributed by atoms with Crippen LogP contribution in [0.3, 0.4) is 0 Å². The lowest BCUT2D eigenvalue weighted by atomic mass is 10.1. The Bertz CT molecular complexity index is 659. The number of nitro groups is 1. The highest BCUT2D eigenvalue weighted by Crippen LogP contribution is 2.21. The highest BCUT2D eigenvalue weighted by Gasteiger charge is 2.08. The van der Waals surface area contributed by atoms with Crippen molar-refractivity contribution in [1.29, 1.82) is 0 Å². The maximum Gasteiger partial charge on any atom is 0.273 e. The lowest BCUT2D eigenvalue weighted by Crippen LogP contribution is -2.21. The third-order valence-corrected chi connectivity index (χ3v) is 2.71. The van der Waals surface area contributed by atoms with E-state index < -0.39 is 4.92 Å². The zero-order valence-corrected chi connectivity index (χ0v) is 9.66. The normalized spacial score (nSPS) is 10.3. The van der Waals surface area contributed by atoms with Crippen LogP contribution in [0, 0.1) is 10.1 Å². The van der Waals surface area contributed by atoms with Gasteiger partial charge in [0.1, 0.15) is 0 Å². The smallest absolute Gasteiger partial charge is 0.273 e. The minimum absolute atomic E-state index is 0.0131. The summed E-state index contributed by atoms with van der Waals surface area (Å²) in [5, 5.41) is 10.5. The minimum atomic E-state index is -0.466. The standard InChI is InChI=1S/C12H11N3O3/c1-14-11(7-6-10(13)12(14)16)8-2-4-9(5-3-8)15(17)18/h2-7H,13H2,1H3. The fraction of sp³-hybridized carbons (Fsp3) is 0.0833. The van der Waals surface area contributed by atoms with Gasteiger partial charge in [0.15, 0.2) is 0 Å². The van der Waals surface area contributed by atoms with Crippen LogP contribution in [0.2, 0.25) is 0 Å². The monoisotopic (exact) mass is 245 g/mol. The van der Waals surface area contributed by atoms with E-state index in [9.17, 15) is 14.9 Å². The van der Waals surface area contributed by atoms with Gasteiger partial charge >= 0.3 is 0 Å². The predicted molar refractivity (Wildman–Crippen MR) is 68.2 cm³/mol. The Labute approximate surface area is 102 Å². The van der Waals surface area contributed by atoms with Gasteiger partial charge in [-0.2, -0.15) is 0 Å². The van der Waals surface area contributed by atoms with Crippen molar-refractivity contribution in [2.75, 3.05) is 5.73 Å². The van der Waals surface area contributed by atoms with E-state index in [4.69, 9.17) is 5.73 Å². The van der Waals surface area contributed by atoms with Crippen LogP contribution in [-0.4, -0.2) is 9.49 Å². The molecule has 2 N–H and O–H groups in total. The molecular weight excluding hydrogens is 234 g/mol. The summed E-state index contributed by atoms with van der Waals surface area (Å²) in [4.78, 5) is 21.7. The molecule has 0 aliphatic carbocycles. The van der Waals surface area contributed by atoms with Crippen molar-refractivity contribution < 1.29 is 4.92 Å². The summed E-state index contributed by atoms with van der Waals surface area (Å²) in [5.41, 5.74) is 6.78.